The molecule has 1 aliphatic heterocycles. The summed E-state index contributed by atoms with van der Waals surface area (Å²) in [6.07, 6.45) is 8.99. The number of hydrogen-bond acceptors (Lipinski definition) is 6. The number of nitrogens with zero attached hydrogens (tertiary/aromatic N) is 5. The average Bonchev–Trinajstić information content (AvgIpc) is 3.19. The van der Waals surface area contributed by atoms with Crippen molar-refractivity contribution in [2.75, 3.05) is 6.61 Å². The molecule has 1 aliphatic rings. The molecule has 2 atom stereocenters. The first-order valence-electron chi connectivity index (χ1n) is 10.6. The summed E-state index contributed by atoms with van der Waals surface area (Å²) in [7, 11) is 0. The maximum absolute atomic E-state index is 6.31. The minimum Gasteiger partial charge on any atom is -0.486 e. The average molecular weight is 505 g/mol. The Labute approximate surface area is 205 Å². The molecule has 33 heavy (non-hydrogen) atoms. The van der Waals surface area contributed by atoms with Gasteiger partial charge in [0.15, 0.2) is 6.23 Å². The fourth-order valence-corrected chi connectivity index (χ4v) is 4.82. The third-order valence-electron chi connectivity index (χ3n) is 5.61. The molecule has 0 spiro atoms. The Morgan fingerprint density at radius 1 is 1.06 bits per heavy atom. The van der Waals surface area contributed by atoms with E-state index in [0.717, 1.165) is 48.0 Å². The molecule has 1 saturated heterocycles. The molecule has 0 aliphatic carbocycles. The Bertz CT molecular complexity index is 1270. The number of halogens is 3. The van der Waals surface area contributed by atoms with E-state index in [9.17, 15) is 0 Å². The molecule has 7 nitrogen and oxygen atoms in total. The van der Waals surface area contributed by atoms with E-state index in [-0.39, 0.29) is 17.6 Å². The summed E-state index contributed by atoms with van der Waals surface area (Å²) in [6, 6.07) is 5.84. The van der Waals surface area contributed by atoms with Crippen molar-refractivity contribution >= 4 is 45.7 Å². The van der Waals surface area contributed by atoms with Crippen LogP contribution in [0.3, 0.4) is 0 Å². The lowest BCUT2D eigenvalue weighted by Crippen LogP contribution is -2.19. The Hall–Kier alpha value is -2.45. The highest BCUT2D eigenvalue weighted by Crippen LogP contribution is 2.37. The smallest absolute Gasteiger partial charge is 0.222 e. The molecule has 0 N–H and O–H groups in total. The molecule has 3 aromatic heterocycles. The lowest BCUT2D eigenvalue weighted by atomic mass is 10.1. The van der Waals surface area contributed by atoms with Crippen LogP contribution in [0, 0.1) is 0 Å². The third-order valence-corrected chi connectivity index (χ3v) is 6.41. The largest absolute Gasteiger partial charge is 0.486 e. The maximum atomic E-state index is 6.31. The van der Waals surface area contributed by atoms with Crippen molar-refractivity contribution in [2.24, 2.45) is 0 Å². The molecule has 170 valence electrons. The van der Waals surface area contributed by atoms with Crippen molar-refractivity contribution in [3.8, 4) is 17.0 Å². The summed E-state index contributed by atoms with van der Waals surface area (Å²) in [4.78, 5) is 12.3. The number of pyridine rings is 1. The molecule has 4 heterocycles. The molecule has 0 saturated carbocycles. The zero-order chi connectivity index (χ0) is 22.9. The van der Waals surface area contributed by atoms with Gasteiger partial charge in [-0.2, -0.15) is 5.10 Å². The zero-order valence-corrected chi connectivity index (χ0v) is 20.0. The number of benzene rings is 1. The van der Waals surface area contributed by atoms with Crippen LogP contribution < -0.4 is 4.74 Å². The molecule has 1 fully saturated rings. The first kappa shape index (κ1) is 22.3. The van der Waals surface area contributed by atoms with E-state index >= 15 is 0 Å². The lowest BCUT2D eigenvalue weighted by molar-refractivity contribution is -0.0365. The Kier molecular flexibility index (Phi) is 6.38. The zero-order valence-electron chi connectivity index (χ0n) is 17.7. The lowest BCUT2D eigenvalue weighted by Gasteiger charge is -2.23. The van der Waals surface area contributed by atoms with Gasteiger partial charge in [0, 0.05) is 47.9 Å². The number of hydrogen-bond donors (Lipinski definition) is 0. The van der Waals surface area contributed by atoms with Crippen LogP contribution in [-0.2, 0) is 4.74 Å². The van der Waals surface area contributed by atoms with Crippen molar-refractivity contribution in [1.29, 1.82) is 0 Å². The molecule has 0 radical (unpaired) electrons. The van der Waals surface area contributed by atoms with Gasteiger partial charge in [-0.3, -0.25) is 4.98 Å². The second-order valence-corrected chi connectivity index (χ2v) is 8.96. The number of ether oxygens (including phenoxy) is 2. The topological polar surface area (TPSA) is 75.0 Å². The maximum Gasteiger partial charge on any atom is 0.222 e. The summed E-state index contributed by atoms with van der Waals surface area (Å²) in [6.45, 7) is 2.61. The molecule has 4 aromatic rings. The molecule has 0 bridgehead atoms. The monoisotopic (exact) mass is 503 g/mol. The summed E-state index contributed by atoms with van der Waals surface area (Å²) < 4.78 is 14.2. The van der Waals surface area contributed by atoms with Crippen molar-refractivity contribution in [2.45, 2.75) is 38.5 Å². The van der Waals surface area contributed by atoms with E-state index in [1.165, 1.54) is 0 Å². The fourth-order valence-electron chi connectivity index (χ4n) is 4.05. The van der Waals surface area contributed by atoms with Crippen LogP contribution in [0.4, 0.5) is 0 Å². The van der Waals surface area contributed by atoms with Gasteiger partial charge >= 0.3 is 0 Å². The SMILES string of the molecule is CC(Oc1ccc2c(c1)c(-c1cnc(Cl)nc1)nn2C1CCCCO1)c1c(Cl)cncc1Cl. The van der Waals surface area contributed by atoms with Gasteiger partial charge in [-0.15, -0.1) is 0 Å². The van der Waals surface area contributed by atoms with Crippen molar-refractivity contribution in [3.63, 3.8) is 0 Å². The van der Waals surface area contributed by atoms with E-state index in [2.05, 4.69) is 15.0 Å². The third kappa shape index (κ3) is 4.51. The highest BCUT2D eigenvalue weighted by atomic mass is 35.5. The van der Waals surface area contributed by atoms with Gasteiger partial charge in [0.05, 0.1) is 15.6 Å². The standard InChI is InChI=1S/C23H20Cl3N5O2/c1-13(21-17(24)11-27-12-18(21)25)33-15-5-6-19-16(8-15)22(14-9-28-23(26)29-10-14)30-31(19)20-4-2-3-7-32-20/h5-6,8-13,20H,2-4,7H2,1H3. The Morgan fingerprint density at radius 3 is 2.52 bits per heavy atom. The quantitative estimate of drug-likeness (QED) is 0.282. The van der Waals surface area contributed by atoms with Gasteiger partial charge in [-0.1, -0.05) is 23.2 Å². The Balaban J connectivity index is 1.57. The van der Waals surface area contributed by atoms with Crippen LogP contribution in [0.15, 0.2) is 43.0 Å². The van der Waals surface area contributed by atoms with E-state index in [1.54, 1.807) is 24.8 Å². The van der Waals surface area contributed by atoms with Gasteiger partial charge in [0.1, 0.15) is 17.5 Å². The summed E-state index contributed by atoms with van der Waals surface area (Å²) in [5.41, 5.74) is 3.11. The summed E-state index contributed by atoms with van der Waals surface area (Å²) in [5.74, 6) is 0.652. The molecule has 5 rings (SSSR count). The predicted molar refractivity (Wildman–Crippen MR) is 128 cm³/mol. The van der Waals surface area contributed by atoms with Crippen LogP contribution in [-0.4, -0.2) is 31.3 Å². The van der Waals surface area contributed by atoms with Crippen molar-refractivity contribution in [3.05, 3.63) is 63.9 Å². The van der Waals surface area contributed by atoms with Crippen molar-refractivity contribution < 1.29 is 9.47 Å². The van der Waals surface area contributed by atoms with E-state index in [4.69, 9.17) is 49.4 Å². The van der Waals surface area contributed by atoms with Crippen LogP contribution >= 0.6 is 34.8 Å². The predicted octanol–water partition coefficient (Wildman–Crippen LogP) is 6.69. The van der Waals surface area contributed by atoms with Crippen LogP contribution in [0.2, 0.25) is 15.3 Å². The van der Waals surface area contributed by atoms with Crippen LogP contribution in [0.1, 0.15) is 44.1 Å². The van der Waals surface area contributed by atoms with Crippen LogP contribution in [0.5, 0.6) is 5.75 Å². The molecule has 0 amide bonds. The molecular formula is C23H20Cl3N5O2. The minimum absolute atomic E-state index is 0.122. The van der Waals surface area contributed by atoms with E-state index < -0.39 is 0 Å². The van der Waals surface area contributed by atoms with Gasteiger partial charge < -0.3 is 9.47 Å². The van der Waals surface area contributed by atoms with Gasteiger partial charge in [0.25, 0.3) is 0 Å². The second kappa shape index (κ2) is 9.43. The van der Waals surface area contributed by atoms with Gasteiger partial charge in [-0.25, -0.2) is 14.6 Å². The normalized spacial score (nSPS) is 17.3. The Morgan fingerprint density at radius 2 is 1.82 bits per heavy atom. The number of fused-ring (bicyclic) bond motifs is 1. The first-order valence-corrected chi connectivity index (χ1v) is 11.7. The van der Waals surface area contributed by atoms with Gasteiger partial charge in [-0.05, 0) is 56.0 Å². The first-order chi connectivity index (χ1) is 16.0. The minimum atomic E-state index is -0.385. The van der Waals surface area contributed by atoms with E-state index in [1.807, 2.05) is 29.8 Å². The molecule has 1 aromatic carbocycles. The summed E-state index contributed by atoms with van der Waals surface area (Å²) in [5, 5.41) is 6.87. The van der Waals surface area contributed by atoms with E-state index in [0.29, 0.717) is 21.4 Å². The molecular weight excluding hydrogens is 485 g/mol. The second-order valence-electron chi connectivity index (χ2n) is 7.81. The van der Waals surface area contributed by atoms with Crippen LogP contribution in [0.25, 0.3) is 22.2 Å². The number of aromatic nitrogens is 5. The summed E-state index contributed by atoms with van der Waals surface area (Å²) >= 11 is 18.5. The molecule has 2 unspecified atom stereocenters. The highest BCUT2D eigenvalue weighted by molar-refractivity contribution is 6.35. The fraction of sp³-hybridized carbons (Fsp3) is 0.304. The highest BCUT2D eigenvalue weighted by Gasteiger charge is 2.23. The van der Waals surface area contributed by atoms with Gasteiger partial charge in [0.2, 0.25) is 5.28 Å². The molecule has 10 heteroatoms. The van der Waals surface area contributed by atoms with Crippen molar-refractivity contribution in [1.82, 2.24) is 24.7 Å². The number of rotatable bonds is 5.